The van der Waals surface area contributed by atoms with Crippen LogP contribution in [-0.2, 0) is 6.42 Å². The SMILES string of the molecule is CCc1ccn(C(C)C)c1C(O)c1ccc(C#N)cc1. The van der Waals surface area contributed by atoms with Crippen LogP contribution in [0.25, 0.3) is 0 Å². The van der Waals surface area contributed by atoms with Crippen LogP contribution < -0.4 is 0 Å². The largest absolute Gasteiger partial charge is 0.382 e. The molecule has 1 aromatic carbocycles. The zero-order chi connectivity index (χ0) is 14.7. The van der Waals surface area contributed by atoms with Crippen LogP contribution >= 0.6 is 0 Å². The Balaban J connectivity index is 2.43. The molecule has 2 aromatic rings. The molecule has 0 aliphatic carbocycles. The van der Waals surface area contributed by atoms with Gasteiger partial charge in [-0.15, -0.1) is 0 Å². The lowest BCUT2D eigenvalue weighted by atomic mass is 10.0. The van der Waals surface area contributed by atoms with Crippen molar-refractivity contribution in [1.82, 2.24) is 4.57 Å². The van der Waals surface area contributed by atoms with Crippen LogP contribution in [0.4, 0.5) is 0 Å². The number of nitrogens with zero attached hydrogens (tertiary/aromatic N) is 2. The van der Waals surface area contributed by atoms with Crippen molar-refractivity contribution in [1.29, 1.82) is 5.26 Å². The summed E-state index contributed by atoms with van der Waals surface area (Å²) in [5.41, 5.74) is 3.54. The monoisotopic (exact) mass is 268 g/mol. The first-order chi connectivity index (χ1) is 9.58. The second-order valence-electron chi connectivity index (χ2n) is 5.22. The molecule has 3 nitrogen and oxygen atoms in total. The van der Waals surface area contributed by atoms with Gasteiger partial charge in [-0.2, -0.15) is 5.26 Å². The smallest absolute Gasteiger partial charge is 0.119 e. The van der Waals surface area contributed by atoms with Crippen LogP contribution in [0.15, 0.2) is 36.5 Å². The maximum absolute atomic E-state index is 10.7. The van der Waals surface area contributed by atoms with E-state index in [-0.39, 0.29) is 0 Å². The first-order valence-corrected chi connectivity index (χ1v) is 6.96. The van der Waals surface area contributed by atoms with Crippen LogP contribution in [0.3, 0.4) is 0 Å². The van der Waals surface area contributed by atoms with Crippen molar-refractivity contribution in [2.45, 2.75) is 39.3 Å². The van der Waals surface area contributed by atoms with Crippen molar-refractivity contribution in [3.05, 3.63) is 58.9 Å². The van der Waals surface area contributed by atoms with Crippen molar-refractivity contribution in [2.75, 3.05) is 0 Å². The fourth-order valence-corrected chi connectivity index (χ4v) is 2.47. The fourth-order valence-electron chi connectivity index (χ4n) is 2.47. The lowest BCUT2D eigenvalue weighted by molar-refractivity contribution is 0.206. The Kier molecular flexibility index (Phi) is 4.26. The summed E-state index contributed by atoms with van der Waals surface area (Å²) >= 11 is 0. The summed E-state index contributed by atoms with van der Waals surface area (Å²) in [6.07, 6.45) is 2.27. The molecule has 0 saturated heterocycles. The molecule has 0 bridgehead atoms. The van der Waals surface area contributed by atoms with E-state index in [1.54, 1.807) is 12.1 Å². The molecular weight excluding hydrogens is 248 g/mol. The average Bonchev–Trinajstić information content (AvgIpc) is 2.90. The Morgan fingerprint density at radius 3 is 2.35 bits per heavy atom. The highest BCUT2D eigenvalue weighted by Crippen LogP contribution is 2.29. The number of nitriles is 1. The summed E-state index contributed by atoms with van der Waals surface area (Å²) in [5, 5.41) is 19.5. The molecule has 0 fully saturated rings. The molecule has 1 aromatic heterocycles. The minimum atomic E-state index is -0.657. The van der Waals surface area contributed by atoms with Gasteiger partial charge in [-0.05, 0) is 49.6 Å². The highest BCUT2D eigenvalue weighted by atomic mass is 16.3. The Labute approximate surface area is 120 Å². The van der Waals surface area contributed by atoms with E-state index in [0.29, 0.717) is 11.6 Å². The van der Waals surface area contributed by atoms with Crippen LogP contribution in [-0.4, -0.2) is 9.67 Å². The lowest BCUT2D eigenvalue weighted by Crippen LogP contribution is -2.12. The van der Waals surface area contributed by atoms with E-state index in [9.17, 15) is 5.11 Å². The fraction of sp³-hybridized carbons (Fsp3) is 0.353. The second kappa shape index (κ2) is 5.94. The van der Waals surface area contributed by atoms with Gasteiger partial charge in [0.05, 0.1) is 17.3 Å². The highest BCUT2D eigenvalue weighted by molar-refractivity contribution is 5.37. The van der Waals surface area contributed by atoms with E-state index in [1.165, 1.54) is 0 Å². The minimum absolute atomic E-state index is 0.304. The summed E-state index contributed by atoms with van der Waals surface area (Å²) in [5.74, 6) is 0. The third-order valence-corrected chi connectivity index (χ3v) is 3.60. The van der Waals surface area contributed by atoms with Gasteiger partial charge in [0.25, 0.3) is 0 Å². The number of aryl methyl sites for hydroxylation is 1. The molecule has 0 aliphatic rings. The second-order valence-corrected chi connectivity index (χ2v) is 5.22. The van der Waals surface area contributed by atoms with E-state index in [4.69, 9.17) is 5.26 Å². The quantitative estimate of drug-likeness (QED) is 0.921. The van der Waals surface area contributed by atoms with Gasteiger partial charge in [0, 0.05) is 12.2 Å². The summed E-state index contributed by atoms with van der Waals surface area (Å²) in [6, 6.07) is 11.6. The topological polar surface area (TPSA) is 49.0 Å². The number of hydrogen-bond donors (Lipinski definition) is 1. The molecule has 2 rings (SSSR count). The van der Waals surface area contributed by atoms with Crippen molar-refractivity contribution < 1.29 is 5.11 Å². The van der Waals surface area contributed by atoms with E-state index in [0.717, 1.165) is 23.2 Å². The highest BCUT2D eigenvalue weighted by Gasteiger charge is 2.19. The van der Waals surface area contributed by atoms with Gasteiger partial charge in [0.1, 0.15) is 6.10 Å². The molecule has 1 N–H and O–H groups in total. The number of rotatable bonds is 4. The Morgan fingerprint density at radius 1 is 1.20 bits per heavy atom. The maximum atomic E-state index is 10.7. The molecule has 3 heteroatoms. The van der Waals surface area contributed by atoms with Crippen LogP contribution in [0.2, 0.25) is 0 Å². The van der Waals surface area contributed by atoms with Gasteiger partial charge in [-0.3, -0.25) is 0 Å². The van der Waals surface area contributed by atoms with Gasteiger partial charge >= 0.3 is 0 Å². The van der Waals surface area contributed by atoms with Crippen molar-refractivity contribution in [3.63, 3.8) is 0 Å². The predicted molar refractivity (Wildman–Crippen MR) is 79.4 cm³/mol. The first-order valence-electron chi connectivity index (χ1n) is 6.96. The molecular formula is C17H20N2O. The van der Waals surface area contributed by atoms with Gasteiger partial charge in [-0.25, -0.2) is 0 Å². The molecule has 20 heavy (non-hydrogen) atoms. The standard InChI is InChI=1S/C17H20N2O/c1-4-14-9-10-19(12(2)3)16(14)17(20)15-7-5-13(11-18)6-8-15/h5-10,12,17,20H,4H2,1-3H3. The summed E-state index contributed by atoms with van der Waals surface area (Å²) in [4.78, 5) is 0. The van der Waals surface area contributed by atoms with Crippen molar-refractivity contribution >= 4 is 0 Å². The van der Waals surface area contributed by atoms with Gasteiger partial charge < -0.3 is 9.67 Å². The summed E-state index contributed by atoms with van der Waals surface area (Å²) in [6.45, 7) is 6.30. The van der Waals surface area contributed by atoms with Crippen LogP contribution in [0.1, 0.15) is 55.3 Å². The Bertz CT molecular complexity index is 617. The normalized spacial score (nSPS) is 12.4. The van der Waals surface area contributed by atoms with E-state index in [2.05, 4.69) is 37.5 Å². The number of benzene rings is 1. The molecule has 0 saturated carbocycles. The molecule has 1 unspecified atom stereocenters. The molecule has 0 radical (unpaired) electrons. The average molecular weight is 268 g/mol. The maximum Gasteiger partial charge on any atom is 0.119 e. The third kappa shape index (κ3) is 2.61. The first kappa shape index (κ1) is 14.4. The van der Waals surface area contributed by atoms with Gasteiger partial charge in [0.15, 0.2) is 0 Å². The number of aliphatic hydroxyl groups excluding tert-OH is 1. The van der Waals surface area contributed by atoms with E-state index < -0.39 is 6.10 Å². The van der Waals surface area contributed by atoms with Gasteiger partial charge in [-0.1, -0.05) is 19.1 Å². The number of hydrogen-bond acceptors (Lipinski definition) is 2. The molecule has 1 heterocycles. The Morgan fingerprint density at radius 2 is 1.85 bits per heavy atom. The van der Waals surface area contributed by atoms with Crippen molar-refractivity contribution in [3.8, 4) is 6.07 Å². The molecule has 0 amide bonds. The van der Waals surface area contributed by atoms with E-state index >= 15 is 0 Å². The van der Waals surface area contributed by atoms with Crippen LogP contribution in [0, 0.1) is 11.3 Å². The summed E-state index contributed by atoms with van der Waals surface area (Å²) < 4.78 is 2.11. The lowest BCUT2D eigenvalue weighted by Gasteiger charge is -2.19. The zero-order valence-corrected chi connectivity index (χ0v) is 12.2. The minimum Gasteiger partial charge on any atom is -0.382 e. The van der Waals surface area contributed by atoms with Gasteiger partial charge in [0.2, 0.25) is 0 Å². The molecule has 0 spiro atoms. The van der Waals surface area contributed by atoms with Crippen molar-refractivity contribution in [2.24, 2.45) is 0 Å². The predicted octanol–water partition coefficient (Wildman–Crippen LogP) is 3.58. The molecule has 1 atom stereocenters. The third-order valence-electron chi connectivity index (χ3n) is 3.60. The summed E-state index contributed by atoms with van der Waals surface area (Å²) in [7, 11) is 0. The van der Waals surface area contributed by atoms with Crippen LogP contribution in [0.5, 0.6) is 0 Å². The van der Waals surface area contributed by atoms with E-state index in [1.807, 2.05) is 18.3 Å². The molecule has 0 aliphatic heterocycles. The molecule has 104 valence electrons. The zero-order valence-electron chi connectivity index (χ0n) is 12.2. The number of aliphatic hydroxyl groups is 1. The number of aromatic nitrogens is 1. The Hall–Kier alpha value is -2.05.